The zero-order valence-electron chi connectivity index (χ0n) is 16.4. The molecule has 2 amide bonds. The molecule has 0 bridgehead atoms. The molecule has 8 heteroatoms. The van der Waals surface area contributed by atoms with Gasteiger partial charge in [0, 0.05) is 11.0 Å². The minimum absolute atomic E-state index is 0.0891. The number of unbranched alkanes of at least 4 members (excludes halogenated alkanes) is 1. The molecule has 0 radical (unpaired) electrons. The van der Waals surface area contributed by atoms with Crippen LogP contribution in [0, 0.1) is 0 Å². The first kappa shape index (κ1) is 22.8. The van der Waals surface area contributed by atoms with Crippen LogP contribution in [0.5, 0.6) is 5.75 Å². The highest BCUT2D eigenvalue weighted by Crippen LogP contribution is 2.24. The number of halogens is 1. The summed E-state index contributed by atoms with van der Waals surface area (Å²) in [5.74, 6) is -0.126. The van der Waals surface area contributed by atoms with Crippen LogP contribution >= 0.6 is 28.1 Å². The van der Waals surface area contributed by atoms with Gasteiger partial charge in [-0.2, -0.15) is 0 Å². The van der Waals surface area contributed by atoms with E-state index >= 15 is 0 Å². The van der Waals surface area contributed by atoms with Crippen molar-refractivity contribution in [2.24, 2.45) is 0 Å². The number of benzene rings is 2. The Morgan fingerprint density at radius 3 is 2.55 bits per heavy atom. The number of nitrogens with one attached hydrogen (secondary N) is 3. The van der Waals surface area contributed by atoms with Crippen molar-refractivity contribution in [3.63, 3.8) is 0 Å². The van der Waals surface area contributed by atoms with Gasteiger partial charge in [0.05, 0.1) is 23.4 Å². The van der Waals surface area contributed by atoms with Crippen LogP contribution in [0.4, 0.5) is 5.69 Å². The zero-order valence-corrected chi connectivity index (χ0v) is 18.8. The van der Waals surface area contributed by atoms with Gasteiger partial charge in [-0.3, -0.25) is 14.9 Å². The number of carbonyl (C=O) groups excluding carboxylic acids is 2. The Kier molecular flexibility index (Phi) is 9.08. The van der Waals surface area contributed by atoms with Gasteiger partial charge in [-0.1, -0.05) is 41.4 Å². The van der Waals surface area contributed by atoms with Crippen molar-refractivity contribution in [1.82, 2.24) is 10.6 Å². The Hall–Kier alpha value is -2.45. The van der Waals surface area contributed by atoms with Crippen LogP contribution in [0.2, 0.25) is 0 Å². The number of amides is 2. The van der Waals surface area contributed by atoms with Gasteiger partial charge in [0.1, 0.15) is 5.75 Å². The van der Waals surface area contributed by atoms with Crippen molar-refractivity contribution in [3.05, 3.63) is 58.1 Å². The van der Waals surface area contributed by atoms with Crippen LogP contribution in [0.3, 0.4) is 0 Å². The topological polar surface area (TPSA) is 79.5 Å². The highest BCUT2D eigenvalue weighted by Gasteiger charge is 2.16. The van der Waals surface area contributed by atoms with E-state index in [2.05, 4.69) is 38.8 Å². The number of carbonyl (C=O) groups is 2. The highest BCUT2D eigenvalue weighted by atomic mass is 79.9. The van der Waals surface area contributed by atoms with Crippen molar-refractivity contribution < 1.29 is 14.3 Å². The molecule has 0 heterocycles. The Bertz CT molecular complexity index is 889. The van der Waals surface area contributed by atoms with E-state index in [4.69, 9.17) is 17.0 Å². The maximum Gasteiger partial charge on any atom is 0.261 e. The van der Waals surface area contributed by atoms with E-state index in [9.17, 15) is 9.59 Å². The molecule has 0 atom stereocenters. The standard InChI is InChI=1S/C21H24BrN3O3S/c1-3-5-12-28-18-11-10-14(22)13-16(18)20(27)25-21(29)24-17-9-7-6-8-15(17)19(26)23-4-2/h6-11,13H,3-5,12H2,1-2H3,(H,23,26)(H2,24,25,27,29). The van der Waals surface area contributed by atoms with Crippen molar-refractivity contribution >= 4 is 50.8 Å². The SMILES string of the molecule is CCCCOc1ccc(Br)cc1C(=O)NC(=S)Nc1ccccc1C(=O)NCC. The summed E-state index contributed by atoms with van der Waals surface area (Å²) in [6.07, 6.45) is 1.89. The van der Waals surface area contributed by atoms with Crippen LogP contribution in [0.25, 0.3) is 0 Å². The molecule has 0 saturated carbocycles. The van der Waals surface area contributed by atoms with Crippen LogP contribution < -0.4 is 20.7 Å². The van der Waals surface area contributed by atoms with Gasteiger partial charge in [0.15, 0.2) is 5.11 Å². The molecule has 29 heavy (non-hydrogen) atoms. The average Bonchev–Trinajstić information content (AvgIpc) is 2.69. The third-order valence-electron chi connectivity index (χ3n) is 3.93. The minimum Gasteiger partial charge on any atom is -0.493 e. The van der Waals surface area contributed by atoms with Gasteiger partial charge in [-0.25, -0.2) is 0 Å². The second kappa shape index (κ2) is 11.5. The molecule has 3 N–H and O–H groups in total. The molecule has 2 aromatic rings. The number of ether oxygens (including phenoxy) is 1. The number of para-hydroxylation sites is 1. The van der Waals surface area contributed by atoms with E-state index in [1.807, 2.05) is 13.0 Å². The number of anilines is 1. The van der Waals surface area contributed by atoms with E-state index in [0.717, 1.165) is 17.3 Å². The molecule has 0 aromatic heterocycles. The Morgan fingerprint density at radius 1 is 1.07 bits per heavy atom. The number of rotatable bonds is 8. The number of hydrogen-bond acceptors (Lipinski definition) is 4. The maximum absolute atomic E-state index is 12.8. The van der Waals surface area contributed by atoms with Crippen LogP contribution in [0.1, 0.15) is 47.4 Å². The molecule has 0 spiro atoms. The normalized spacial score (nSPS) is 10.2. The first-order valence-corrected chi connectivity index (χ1v) is 10.6. The van der Waals surface area contributed by atoms with Crippen molar-refractivity contribution in [3.8, 4) is 5.75 Å². The Labute approximate surface area is 184 Å². The summed E-state index contributed by atoms with van der Waals surface area (Å²) in [6, 6.07) is 12.2. The van der Waals surface area contributed by atoms with Crippen LogP contribution in [-0.4, -0.2) is 30.1 Å². The molecular weight excluding hydrogens is 454 g/mol. The van der Waals surface area contributed by atoms with Crippen LogP contribution in [0.15, 0.2) is 46.9 Å². The zero-order chi connectivity index (χ0) is 21.2. The van der Waals surface area contributed by atoms with E-state index < -0.39 is 5.91 Å². The van der Waals surface area contributed by atoms with E-state index in [1.165, 1.54) is 0 Å². The molecule has 0 aliphatic carbocycles. The fourth-order valence-corrected chi connectivity index (χ4v) is 3.07. The summed E-state index contributed by atoms with van der Waals surface area (Å²) in [4.78, 5) is 24.9. The predicted molar refractivity (Wildman–Crippen MR) is 123 cm³/mol. The number of hydrogen-bond donors (Lipinski definition) is 3. The summed E-state index contributed by atoms with van der Waals surface area (Å²) in [7, 11) is 0. The number of thiocarbonyl (C=S) groups is 1. The molecule has 154 valence electrons. The molecule has 0 unspecified atom stereocenters. The minimum atomic E-state index is -0.397. The van der Waals surface area contributed by atoms with Gasteiger partial charge in [-0.05, 0) is 55.9 Å². The van der Waals surface area contributed by atoms with Gasteiger partial charge in [-0.15, -0.1) is 0 Å². The van der Waals surface area contributed by atoms with Crippen molar-refractivity contribution in [1.29, 1.82) is 0 Å². The second-order valence-electron chi connectivity index (χ2n) is 6.16. The molecule has 0 fully saturated rings. The smallest absolute Gasteiger partial charge is 0.261 e. The van der Waals surface area contributed by atoms with Gasteiger partial charge >= 0.3 is 0 Å². The lowest BCUT2D eigenvalue weighted by Gasteiger charge is -2.15. The third kappa shape index (κ3) is 6.83. The molecule has 2 aromatic carbocycles. The molecule has 0 aliphatic rings. The van der Waals surface area contributed by atoms with E-state index in [-0.39, 0.29) is 11.0 Å². The van der Waals surface area contributed by atoms with Gasteiger partial charge < -0.3 is 15.4 Å². The molecule has 0 saturated heterocycles. The summed E-state index contributed by atoms with van der Waals surface area (Å²) in [5, 5.41) is 8.41. The molecule has 6 nitrogen and oxygen atoms in total. The summed E-state index contributed by atoms with van der Waals surface area (Å²) in [5.41, 5.74) is 1.33. The summed E-state index contributed by atoms with van der Waals surface area (Å²) >= 11 is 8.66. The predicted octanol–water partition coefficient (Wildman–Crippen LogP) is 4.50. The monoisotopic (exact) mass is 477 g/mol. The van der Waals surface area contributed by atoms with E-state index in [0.29, 0.717) is 35.7 Å². The second-order valence-corrected chi connectivity index (χ2v) is 7.48. The van der Waals surface area contributed by atoms with E-state index in [1.54, 1.807) is 36.4 Å². The highest BCUT2D eigenvalue weighted by molar-refractivity contribution is 9.10. The lowest BCUT2D eigenvalue weighted by Crippen LogP contribution is -2.35. The lowest BCUT2D eigenvalue weighted by molar-refractivity contribution is 0.0954. The third-order valence-corrected chi connectivity index (χ3v) is 4.62. The first-order valence-electron chi connectivity index (χ1n) is 9.38. The van der Waals surface area contributed by atoms with Crippen molar-refractivity contribution in [2.45, 2.75) is 26.7 Å². The fourth-order valence-electron chi connectivity index (χ4n) is 2.50. The Balaban J connectivity index is 2.11. The first-order chi connectivity index (χ1) is 14.0. The Morgan fingerprint density at radius 2 is 1.83 bits per heavy atom. The largest absolute Gasteiger partial charge is 0.493 e. The van der Waals surface area contributed by atoms with Gasteiger partial charge in [0.2, 0.25) is 0 Å². The average molecular weight is 478 g/mol. The van der Waals surface area contributed by atoms with Gasteiger partial charge in [0.25, 0.3) is 11.8 Å². The fraction of sp³-hybridized carbons (Fsp3) is 0.286. The quantitative estimate of drug-likeness (QED) is 0.385. The molecule has 0 aliphatic heterocycles. The summed E-state index contributed by atoms with van der Waals surface area (Å²) in [6.45, 7) is 4.96. The summed E-state index contributed by atoms with van der Waals surface area (Å²) < 4.78 is 6.49. The van der Waals surface area contributed by atoms with Crippen LogP contribution in [-0.2, 0) is 0 Å². The van der Waals surface area contributed by atoms with Crippen molar-refractivity contribution in [2.75, 3.05) is 18.5 Å². The molecular formula is C21H24BrN3O3S. The molecule has 2 rings (SSSR count). The lowest BCUT2D eigenvalue weighted by atomic mass is 10.1. The maximum atomic E-state index is 12.8.